The minimum Gasteiger partial charge on any atom is -0.445 e. The van der Waals surface area contributed by atoms with Crippen molar-refractivity contribution < 1.29 is 23.5 Å². The summed E-state index contributed by atoms with van der Waals surface area (Å²) in [6.45, 7) is 1.77. The van der Waals surface area contributed by atoms with Crippen LogP contribution in [0.5, 0.6) is 5.75 Å². The molecule has 1 atom stereocenters. The predicted octanol–water partition coefficient (Wildman–Crippen LogP) is 6.18. The van der Waals surface area contributed by atoms with Crippen LogP contribution in [0.25, 0.3) is 32.6 Å². The lowest BCUT2D eigenvalue weighted by Crippen LogP contribution is -2.44. The quantitative estimate of drug-likeness (QED) is 0.107. The molecule has 0 aliphatic rings. The smallest absolute Gasteiger partial charge is 0.408 e. The first-order valence-corrected chi connectivity index (χ1v) is 13.2. The van der Waals surface area contributed by atoms with Gasteiger partial charge in [-0.3, -0.25) is 0 Å². The molecule has 0 bridgehead atoms. The lowest BCUT2D eigenvalue weighted by molar-refractivity contribution is -0.136. The van der Waals surface area contributed by atoms with Crippen molar-refractivity contribution in [3.05, 3.63) is 124 Å². The lowest BCUT2D eigenvalue weighted by Gasteiger charge is -2.18. The Hall–Kier alpha value is -5.37. The number of para-hydroxylation sites is 1. The van der Waals surface area contributed by atoms with Crippen LogP contribution in [0.1, 0.15) is 16.7 Å². The first kappa shape index (κ1) is 25.9. The second kappa shape index (κ2) is 11.0. The third kappa shape index (κ3) is 5.27. The highest BCUT2D eigenvalue weighted by molar-refractivity contribution is 6.05. The molecule has 8 heteroatoms. The molecule has 8 nitrogen and oxygen atoms in total. The van der Waals surface area contributed by atoms with Crippen molar-refractivity contribution >= 4 is 44.7 Å². The number of ether oxygens (including phenoxy) is 2. The maximum Gasteiger partial charge on any atom is 0.408 e. The van der Waals surface area contributed by atoms with Crippen molar-refractivity contribution in [1.29, 1.82) is 0 Å². The Balaban J connectivity index is 1.28. The molecule has 204 valence electrons. The number of amides is 1. The number of rotatable bonds is 7. The van der Waals surface area contributed by atoms with E-state index in [1.165, 1.54) is 0 Å². The van der Waals surface area contributed by atoms with Gasteiger partial charge in [-0.2, -0.15) is 0 Å². The second-order valence-electron chi connectivity index (χ2n) is 9.74. The number of hydrogen-bond acceptors (Lipinski definition) is 6. The van der Waals surface area contributed by atoms with Gasteiger partial charge in [0, 0.05) is 34.5 Å². The molecule has 0 aliphatic carbocycles. The zero-order chi connectivity index (χ0) is 28.3. The Morgan fingerprint density at radius 2 is 1.56 bits per heavy atom. The maximum absolute atomic E-state index is 13.6. The third-order valence-corrected chi connectivity index (χ3v) is 7.09. The number of alkyl carbamates (subject to hydrolysis) is 1. The molecule has 41 heavy (non-hydrogen) atoms. The Kier molecular flexibility index (Phi) is 6.95. The van der Waals surface area contributed by atoms with Gasteiger partial charge in [0.15, 0.2) is 0 Å². The normalized spacial score (nSPS) is 11.9. The van der Waals surface area contributed by atoms with Crippen molar-refractivity contribution in [3.8, 4) is 5.75 Å². The minimum atomic E-state index is -1.06. The van der Waals surface area contributed by atoms with E-state index in [4.69, 9.17) is 13.9 Å². The molecule has 0 spiro atoms. The van der Waals surface area contributed by atoms with Crippen molar-refractivity contribution in [2.24, 2.45) is 0 Å². The van der Waals surface area contributed by atoms with Gasteiger partial charge in [-0.05, 0) is 47.7 Å². The van der Waals surface area contributed by atoms with E-state index in [1.807, 2.05) is 72.9 Å². The first-order valence-electron chi connectivity index (χ1n) is 13.2. The van der Waals surface area contributed by atoms with Gasteiger partial charge in [0.25, 0.3) is 0 Å². The average molecular weight is 547 g/mol. The van der Waals surface area contributed by atoms with Crippen LogP contribution < -0.4 is 15.7 Å². The highest BCUT2D eigenvalue weighted by Crippen LogP contribution is 2.31. The van der Waals surface area contributed by atoms with Gasteiger partial charge >= 0.3 is 17.7 Å². The molecule has 0 radical (unpaired) electrons. The van der Waals surface area contributed by atoms with Crippen molar-refractivity contribution in [1.82, 2.24) is 10.3 Å². The molecule has 6 rings (SSSR count). The molecular weight excluding hydrogens is 520 g/mol. The summed E-state index contributed by atoms with van der Waals surface area (Å²) in [7, 11) is 0. The topological polar surface area (TPSA) is 111 Å². The zero-order valence-electron chi connectivity index (χ0n) is 22.2. The summed E-state index contributed by atoms with van der Waals surface area (Å²) in [5.74, 6) is -0.457. The summed E-state index contributed by atoms with van der Waals surface area (Å²) in [5, 5.41) is 5.56. The molecule has 2 N–H and O–H groups in total. The van der Waals surface area contributed by atoms with Crippen molar-refractivity contribution in [2.45, 2.75) is 26.0 Å². The summed E-state index contributed by atoms with van der Waals surface area (Å²) < 4.78 is 16.8. The fraction of sp³-hybridized carbons (Fsp3) is 0.121. The number of benzene rings is 4. The van der Waals surface area contributed by atoms with E-state index in [9.17, 15) is 14.4 Å². The molecule has 2 aromatic heterocycles. The fourth-order valence-electron chi connectivity index (χ4n) is 4.97. The number of H-pyrrole nitrogens is 1. The van der Waals surface area contributed by atoms with Crippen LogP contribution in [0.4, 0.5) is 4.79 Å². The molecule has 1 unspecified atom stereocenters. The molecule has 0 saturated heterocycles. The van der Waals surface area contributed by atoms with E-state index in [0.717, 1.165) is 32.8 Å². The van der Waals surface area contributed by atoms with Crippen LogP contribution in [0.15, 0.2) is 106 Å². The second-order valence-corrected chi connectivity index (χ2v) is 9.74. The molecule has 6 aromatic rings. The average Bonchev–Trinajstić information content (AvgIpc) is 3.41. The Bertz CT molecular complexity index is 1960. The van der Waals surface area contributed by atoms with Gasteiger partial charge in [0.05, 0.1) is 5.39 Å². The van der Waals surface area contributed by atoms with Crippen LogP contribution in [0, 0.1) is 6.92 Å². The van der Waals surface area contributed by atoms with Gasteiger partial charge in [0.2, 0.25) is 0 Å². The van der Waals surface area contributed by atoms with Crippen LogP contribution in [0.2, 0.25) is 0 Å². The summed E-state index contributed by atoms with van der Waals surface area (Å²) in [4.78, 5) is 42.1. The van der Waals surface area contributed by atoms with Gasteiger partial charge in [-0.25, -0.2) is 14.4 Å². The van der Waals surface area contributed by atoms with E-state index in [0.29, 0.717) is 16.5 Å². The summed E-state index contributed by atoms with van der Waals surface area (Å²) >= 11 is 0. The molecule has 0 aliphatic heterocycles. The maximum atomic E-state index is 13.6. The van der Waals surface area contributed by atoms with Gasteiger partial charge in [-0.15, -0.1) is 0 Å². The Labute approximate surface area is 234 Å². The van der Waals surface area contributed by atoms with Crippen LogP contribution in [0.3, 0.4) is 0 Å². The number of aromatic nitrogens is 1. The van der Waals surface area contributed by atoms with Crippen LogP contribution in [-0.4, -0.2) is 23.1 Å². The van der Waals surface area contributed by atoms with Crippen LogP contribution in [-0.2, 0) is 22.6 Å². The van der Waals surface area contributed by atoms with Crippen molar-refractivity contribution in [2.75, 3.05) is 0 Å². The summed E-state index contributed by atoms with van der Waals surface area (Å²) in [5.41, 5.74) is 2.92. The number of fused-ring (bicyclic) bond motifs is 4. The highest BCUT2D eigenvalue weighted by Gasteiger charge is 2.26. The van der Waals surface area contributed by atoms with E-state index >= 15 is 0 Å². The van der Waals surface area contributed by atoms with E-state index < -0.39 is 23.7 Å². The van der Waals surface area contributed by atoms with E-state index in [1.54, 1.807) is 31.2 Å². The molecular formula is C33H26N2O6. The van der Waals surface area contributed by atoms with E-state index in [2.05, 4.69) is 10.3 Å². The summed E-state index contributed by atoms with van der Waals surface area (Å²) in [6, 6.07) is 26.5. The highest BCUT2D eigenvalue weighted by atomic mass is 16.6. The molecule has 1 amide bonds. The SMILES string of the molecule is Cc1c(OC(=O)C(Cc2c[nH]c3ccccc23)NC(=O)OCc2ccccc2)ccc2c1oc(=O)c1ccccc12. The minimum absolute atomic E-state index is 0.0539. The Morgan fingerprint density at radius 3 is 2.37 bits per heavy atom. The number of esters is 1. The van der Waals surface area contributed by atoms with E-state index in [-0.39, 0.29) is 18.8 Å². The third-order valence-electron chi connectivity index (χ3n) is 7.09. The number of carbonyl (C=O) groups is 2. The monoisotopic (exact) mass is 546 g/mol. The number of aryl methyl sites for hydroxylation is 1. The lowest BCUT2D eigenvalue weighted by atomic mass is 10.0. The molecule has 0 saturated carbocycles. The largest absolute Gasteiger partial charge is 0.445 e. The van der Waals surface area contributed by atoms with Gasteiger partial charge in [-0.1, -0.05) is 66.7 Å². The molecule has 2 heterocycles. The number of carbonyl (C=O) groups excluding carboxylic acids is 2. The van der Waals surface area contributed by atoms with Crippen molar-refractivity contribution in [3.63, 3.8) is 0 Å². The number of hydrogen-bond donors (Lipinski definition) is 2. The summed E-state index contributed by atoms with van der Waals surface area (Å²) in [6.07, 6.45) is 1.22. The molecule has 0 fully saturated rings. The molecule has 4 aromatic carbocycles. The van der Waals surface area contributed by atoms with Gasteiger partial charge < -0.3 is 24.2 Å². The zero-order valence-corrected chi connectivity index (χ0v) is 22.2. The number of aromatic amines is 1. The standard InChI is InChI=1S/C33H26N2O6/c1-20-29(16-15-25-24-12-5-6-13-26(24)31(36)41-30(20)25)40-32(37)28(17-22-18-34-27-14-8-7-11-23(22)27)35-33(38)39-19-21-9-3-2-4-10-21/h2-16,18,28,34H,17,19H2,1H3,(H,35,38). The predicted molar refractivity (Wildman–Crippen MR) is 156 cm³/mol. The van der Waals surface area contributed by atoms with Crippen LogP contribution >= 0.6 is 0 Å². The number of nitrogens with one attached hydrogen (secondary N) is 2. The Morgan fingerprint density at radius 1 is 0.854 bits per heavy atom. The first-order chi connectivity index (χ1) is 20.0. The fourth-order valence-corrected chi connectivity index (χ4v) is 4.97. The van der Waals surface area contributed by atoms with Gasteiger partial charge in [0.1, 0.15) is 24.0 Å².